The summed E-state index contributed by atoms with van der Waals surface area (Å²) in [5.41, 5.74) is 16.6. The lowest BCUT2D eigenvalue weighted by molar-refractivity contribution is 0.645. The molecule has 0 unspecified atom stereocenters. The van der Waals surface area contributed by atoms with E-state index in [1.54, 1.807) is 0 Å². The van der Waals surface area contributed by atoms with Crippen LogP contribution in [0.5, 0.6) is 0 Å². The van der Waals surface area contributed by atoms with E-state index in [0.29, 0.717) is 0 Å². The maximum absolute atomic E-state index is 2.54. The van der Waals surface area contributed by atoms with Crippen molar-refractivity contribution in [1.29, 1.82) is 0 Å². The van der Waals surface area contributed by atoms with Gasteiger partial charge >= 0.3 is 0 Å². The summed E-state index contributed by atoms with van der Waals surface area (Å²) in [6, 6.07) is 66.3. The van der Waals surface area contributed by atoms with Gasteiger partial charge in [0.1, 0.15) is 0 Å². The molecule has 0 saturated heterocycles. The number of hydrogen-bond donors (Lipinski definition) is 0. The van der Waals surface area contributed by atoms with E-state index >= 15 is 0 Å². The summed E-state index contributed by atoms with van der Waals surface area (Å²) < 4.78 is 2.62. The number of nitrogens with zero attached hydrogens (tertiary/aromatic N) is 1. The third-order valence-electron chi connectivity index (χ3n) is 13.5. The summed E-state index contributed by atoms with van der Waals surface area (Å²) in [5, 5.41) is 7.82. The van der Waals surface area contributed by atoms with Crippen molar-refractivity contribution in [3.63, 3.8) is 0 Å². The Morgan fingerprint density at radius 1 is 0.397 bits per heavy atom. The van der Waals surface area contributed by atoms with E-state index in [0.717, 1.165) is 0 Å². The molecule has 0 spiro atoms. The first-order valence-corrected chi connectivity index (χ1v) is 21.2. The SMILES string of the molecule is CC1(C)c2ccccc2-c2ccc(N(c3ccc4c(c3)C(C)(C)c3cccc5ccc(-c6cccc7ccccc67)c-4c35)c3cccc4c3sc3ccccc34)cc21. The average molecular weight is 760 g/mol. The minimum absolute atomic E-state index is 0.116. The van der Waals surface area contributed by atoms with Crippen LogP contribution < -0.4 is 4.90 Å². The first-order valence-electron chi connectivity index (χ1n) is 20.4. The highest BCUT2D eigenvalue weighted by molar-refractivity contribution is 7.26. The predicted molar refractivity (Wildman–Crippen MR) is 250 cm³/mol. The summed E-state index contributed by atoms with van der Waals surface area (Å²) in [7, 11) is 0. The molecule has 1 nitrogen and oxygen atoms in total. The van der Waals surface area contributed by atoms with Gasteiger partial charge in [-0.2, -0.15) is 0 Å². The first kappa shape index (κ1) is 33.6. The molecule has 0 N–H and O–H groups in total. The normalized spacial score (nSPS) is 14.5. The minimum atomic E-state index is -0.244. The summed E-state index contributed by atoms with van der Waals surface area (Å²) in [4.78, 5) is 2.54. The largest absolute Gasteiger partial charge is 0.309 e. The van der Waals surface area contributed by atoms with Crippen LogP contribution in [-0.4, -0.2) is 0 Å². The predicted octanol–water partition coefficient (Wildman–Crippen LogP) is 16.1. The molecule has 2 aliphatic rings. The quantitative estimate of drug-likeness (QED) is 0.173. The third-order valence-corrected chi connectivity index (χ3v) is 14.7. The molecular formula is C56H41NS. The number of thiophene rings is 1. The Labute approximate surface area is 343 Å². The second kappa shape index (κ2) is 12.0. The molecule has 1 aromatic heterocycles. The molecule has 2 aliphatic carbocycles. The highest BCUT2D eigenvalue weighted by atomic mass is 32.1. The highest BCUT2D eigenvalue weighted by Crippen LogP contribution is 2.56. The van der Waals surface area contributed by atoms with Crippen LogP contribution in [-0.2, 0) is 10.8 Å². The van der Waals surface area contributed by atoms with Crippen molar-refractivity contribution in [3.8, 4) is 33.4 Å². The van der Waals surface area contributed by atoms with Crippen molar-refractivity contribution < 1.29 is 0 Å². The van der Waals surface area contributed by atoms with E-state index in [9.17, 15) is 0 Å². The molecular weight excluding hydrogens is 719 g/mol. The van der Waals surface area contributed by atoms with E-state index in [1.165, 1.54) is 114 Å². The second-order valence-corrected chi connectivity index (χ2v) is 18.3. The first-order chi connectivity index (χ1) is 28.3. The number of fused-ring (bicyclic) bond motifs is 9. The molecule has 0 bridgehead atoms. The molecule has 58 heavy (non-hydrogen) atoms. The summed E-state index contributed by atoms with van der Waals surface area (Å²) >= 11 is 1.90. The smallest absolute Gasteiger partial charge is 0.0640 e. The van der Waals surface area contributed by atoms with Crippen LogP contribution in [0.4, 0.5) is 17.1 Å². The standard InChI is InChI=1S/C56H41NS/c1-55(2)46-22-9-7-18-40(46)41-30-27-36(32-48(41)55)57(50-24-13-21-44-42-19-8-10-25-51(42)58-54(44)50)37-28-31-45-49(33-37)56(3,4)47-23-12-16-35-26-29-43(53(45)52(35)47)39-20-11-15-34-14-5-6-17-38(34)39/h5-33H,1-4H3. The van der Waals surface area contributed by atoms with Gasteiger partial charge in [-0.3, -0.25) is 0 Å². The van der Waals surface area contributed by atoms with Gasteiger partial charge in [-0.15, -0.1) is 11.3 Å². The molecule has 12 rings (SSSR count). The van der Waals surface area contributed by atoms with Gasteiger partial charge in [0.05, 0.1) is 10.4 Å². The molecule has 0 fully saturated rings. The second-order valence-electron chi connectivity index (χ2n) is 17.3. The van der Waals surface area contributed by atoms with Gasteiger partial charge in [0.15, 0.2) is 0 Å². The Bertz CT molecular complexity index is 3350. The van der Waals surface area contributed by atoms with Gasteiger partial charge in [0.2, 0.25) is 0 Å². The van der Waals surface area contributed by atoms with E-state index in [2.05, 4.69) is 209 Å². The van der Waals surface area contributed by atoms with Crippen LogP contribution in [0.2, 0.25) is 0 Å². The van der Waals surface area contributed by atoms with E-state index in [-0.39, 0.29) is 10.8 Å². The zero-order valence-corrected chi connectivity index (χ0v) is 33.9. The fourth-order valence-electron chi connectivity index (χ4n) is 10.6. The fraction of sp³-hybridized carbons (Fsp3) is 0.107. The molecule has 0 saturated carbocycles. The topological polar surface area (TPSA) is 3.24 Å². The van der Waals surface area contributed by atoms with Gasteiger partial charge in [-0.25, -0.2) is 0 Å². The third kappa shape index (κ3) is 4.58. The number of rotatable bonds is 4. The Morgan fingerprint density at radius 2 is 0.966 bits per heavy atom. The lowest BCUT2D eigenvalue weighted by Gasteiger charge is -2.37. The van der Waals surface area contributed by atoms with Gasteiger partial charge in [-0.05, 0) is 114 Å². The summed E-state index contributed by atoms with van der Waals surface area (Å²) in [6.45, 7) is 9.60. The van der Waals surface area contributed by atoms with Gasteiger partial charge < -0.3 is 4.90 Å². The zero-order chi connectivity index (χ0) is 38.9. The average Bonchev–Trinajstić information content (AvgIpc) is 3.75. The molecule has 276 valence electrons. The van der Waals surface area contributed by atoms with E-state index in [4.69, 9.17) is 0 Å². The molecule has 1 heterocycles. The maximum Gasteiger partial charge on any atom is 0.0640 e. The summed E-state index contributed by atoms with van der Waals surface area (Å²) in [6.07, 6.45) is 0. The zero-order valence-electron chi connectivity index (χ0n) is 33.1. The molecule has 0 atom stereocenters. The lowest BCUT2D eigenvalue weighted by Crippen LogP contribution is -2.24. The fourth-order valence-corrected chi connectivity index (χ4v) is 11.8. The van der Waals surface area contributed by atoms with Gasteiger partial charge in [-0.1, -0.05) is 167 Å². The van der Waals surface area contributed by atoms with Crippen molar-refractivity contribution in [1.82, 2.24) is 0 Å². The monoisotopic (exact) mass is 759 g/mol. The van der Waals surface area contributed by atoms with Gasteiger partial charge in [0, 0.05) is 37.7 Å². The van der Waals surface area contributed by atoms with E-state index in [1.807, 2.05) is 11.3 Å². The Hall–Kier alpha value is -6.48. The molecule has 0 radical (unpaired) electrons. The van der Waals surface area contributed by atoms with Crippen LogP contribution in [0.25, 0.3) is 75.1 Å². The Balaban J connectivity index is 1.13. The van der Waals surface area contributed by atoms with Crippen molar-refractivity contribution in [3.05, 3.63) is 198 Å². The molecule has 10 aromatic rings. The van der Waals surface area contributed by atoms with Crippen LogP contribution >= 0.6 is 11.3 Å². The molecule has 2 heteroatoms. The minimum Gasteiger partial charge on any atom is -0.309 e. The number of hydrogen-bond acceptors (Lipinski definition) is 2. The number of anilines is 3. The van der Waals surface area contributed by atoms with E-state index < -0.39 is 0 Å². The van der Waals surface area contributed by atoms with Crippen LogP contribution in [0.3, 0.4) is 0 Å². The Kier molecular flexibility index (Phi) is 6.97. The lowest BCUT2D eigenvalue weighted by atomic mass is 9.67. The maximum atomic E-state index is 2.54. The highest BCUT2D eigenvalue weighted by Gasteiger charge is 2.38. The van der Waals surface area contributed by atoms with Gasteiger partial charge in [0.25, 0.3) is 0 Å². The van der Waals surface area contributed by atoms with Crippen LogP contribution in [0, 0.1) is 0 Å². The van der Waals surface area contributed by atoms with Crippen molar-refractivity contribution >= 4 is 70.1 Å². The molecule has 0 aliphatic heterocycles. The van der Waals surface area contributed by atoms with Crippen molar-refractivity contribution in [2.75, 3.05) is 4.90 Å². The Morgan fingerprint density at radius 3 is 1.83 bits per heavy atom. The number of benzene rings is 9. The van der Waals surface area contributed by atoms with Crippen LogP contribution in [0.15, 0.2) is 176 Å². The molecule has 0 amide bonds. The summed E-state index contributed by atoms with van der Waals surface area (Å²) in [5.74, 6) is 0. The van der Waals surface area contributed by atoms with Crippen molar-refractivity contribution in [2.45, 2.75) is 38.5 Å². The van der Waals surface area contributed by atoms with Crippen molar-refractivity contribution in [2.24, 2.45) is 0 Å². The van der Waals surface area contributed by atoms with Crippen LogP contribution in [0.1, 0.15) is 49.9 Å². The molecule has 9 aromatic carbocycles.